The Labute approximate surface area is 183 Å². The molecule has 1 aromatic carbocycles. The third-order valence-electron chi connectivity index (χ3n) is 4.68. The van der Waals surface area contributed by atoms with Crippen molar-refractivity contribution in [1.82, 2.24) is 24.6 Å². The zero-order chi connectivity index (χ0) is 20.7. The third kappa shape index (κ3) is 3.68. The number of anilines is 2. The minimum absolute atomic E-state index is 0.0915. The Morgan fingerprint density at radius 2 is 2.13 bits per heavy atom. The fourth-order valence-electron chi connectivity index (χ4n) is 3.23. The molecule has 154 valence electrons. The fraction of sp³-hybridized carbons (Fsp3) is 0.278. The molecule has 1 saturated heterocycles. The van der Waals surface area contributed by atoms with Gasteiger partial charge in [0.2, 0.25) is 5.91 Å². The number of aromatic nitrogens is 5. The third-order valence-corrected chi connectivity index (χ3v) is 7.03. The highest BCUT2D eigenvalue weighted by Gasteiger charge is 2.20. The van der Waals surface area contributed by atoms with Gasteiger partial charge in [-0.05, 0) is 31.0 Å². The second kappa shape index (κ2) is 7.97. The maximum absolute atomic E-state index is 13.1. The molecule has 1 aliphatic rings. The Morgan fingerprint density at radius 3 is 2.93 bits per heavy atom. The summed E-state index contributed by atoms with van der Waals surface area (Å²) >= 11 is 8.74. The lowest BCUT2D eigenvalue weighted by molar-refractivity contribution is -0.113. The van der Waals surface area contributed by atoms with Gasteiger partial charge < -0.3 is 10.2 Å². The first-order chi connectivity index (χ1) is 14.6. The van der Waals surface area contributed by atoms with Crippen LogP contribution < -0.4 is 10.2 Å². The summed E-state index contributed by atoms with van der Waals surface area (Å²) < 4.78 is 15.8. The van der Waals surface area contributed by atoms with E-state index in [-0.39, 0.29) is 16.7 Å². The van der Waals surface area contributed by atoms with E-state index >= 15 is 0 Å². The number of halogens is 2. The number of amides is 1. The largest absolute Gasteiger partial charge is 0.348 e. The van der Waals surface area contributed by atoms with E-state index in [1.54, 1.807) is 22.1 Å². The first-order valence-corrected chi connectivity index (χ1v) is 11.4. The summed E-state index contributed by atoms with van der Waals surface area (Å²) in [7, 11) is 0. The van der Waals surface area contributed by atoms with Gasteiger partial charge in [0.05, 0.1) is 16.5 Å². The average Bonchev–Trinajstić information content (AvgIpc) is 3.46. The molecule has 1 amide bonds. The average molecular weight is 464 g/mol. The standard InChI is InChI=1S/C18H15ClFN7OS2/c19-11-7-10(20)3-4-12(11)22-13(28)8-29-18-25-24-16-14-15(21-9-27(16)18)23-17(30-14)26-5-1-2-6-26/h3-4,7,9H,1-2,5-6,8H2,(H,22,28). The molecule has 1 aliphatic heterocycles. The van der Waals surface area contributed by atoms with Gasteiger partial charge in [0, 0.05) is 13.1 Å². The first kappa shape index (κ1) is 19.5. The summed E-state index contributed by atoms with van der Waals surface area (Å²) in [5.74, 6) is -0.653. The summed E-state index contributed by atoms with van der Waals surface area (Å²) in [4.78, 5) is 23.6. The second-order valence-electron chi connectivity index (χ2n) is 6.73. The van der Waals surface area contributed by atoms with Crippen LogP contribution in [0.1, 0.15) is 12.8 Å². The van der Waals surface area contributed by atoms with Crippen LogP contribution in [0.2, 0.25) is 5.02 Å². The molecular formula is C18H15ClFN7OS2. The van der Waals surface area contributed by atoms with Crippen molar-refractivity contribution in [2.24, 2.45) is 0 Å². The Hall–Kier alpha value is -2.50. The van der Waals surface area contributed by atoms with Crippen molar-refractivity contribution >= 4 is 67.4 Å². The van der Waals surface area contributed by atoms with E-state index in [4.69, 9.17) is 11.6 Å². The second-order valence-corrected chi connectivity index (χ2v) is 9.05. The summed E-state index contributed by atoms with van der Waals surface area (Å²) in [5, 5.41) is 12.8. The number of nitrogens with zero attached hydrogens (tertiary/aromatic N) is 6. The fourth-order valence-corrected chi connectivity index (χ4v) is 5.20. The molecule has 30 heavy (non-hydrogen) atoms. The molecule has 1 fully saturated rings. The zero-order valence-electron chi connectivity index (χ0n) is 15.5. The Bertz CT molecular complexity index is 1250. The van der Waals surface area contributed by atoms with E-state index in [9.17, 15) is 9.18 Å². The molecule has 1 N–H and O–H groups in total. The molecule has 0 radical (unpaired) electrons. The summed E-state index contributed by atoms with van der Waals surface area (Å²) in [6.45, 7) is 2.02. The molecule has 0 aliphatic carbocycles. The normalized spacial score (nSPS) is 14.1. The monoisotopic (exact) mass is 463 g/mol. The smallest absolute Gasteiger partial charge is 0.234 e. The van der Waals surface area contributed by atoms with Crippen LogP contribution in [-0.4, -0.2) is 49.3 Å². The van der Waals surface area contributed by atoms with Crippen molar-refractivity contribution in [2.75, 3.05) is 29.1 Å². The van der Waals surface area contributed by atoms with Crippen molar-refractivity contribution in [1.29, 1.82) is 0 Å². The molecule has 0 bridgehead atoms. The number of benzene rings is 1. The molecule has 5 rings (SSSR count). The minimum Gasteiger partial charge on any atom is -0.348 e. The highest BCUT2D eigenvalue weighted by atomic mass is 35.5. The predicted octanol–water partition coefficient (Wildman–Crippen LogP) is 3.86. The highest BCUT2D eigenvalue weighted by molar-refractivity contribution is 7.99. The van der Waals surface area contributed by atoms with Gasteiger partial charge in [-0.25, -0.2) is 9.37 Å². The summed E-state index contributed by atoms with van der Waals surface area (Å²) in [6, 6.07) is 3.82. The number of thiazole rings is 1. The van der Waals surface area contributed by atoms with E-state index in [0.29, 0.717) is 22.1 Å². The van der Waals surface area contributed by atoms with Gasteiger partial charge in [-0.1, -0.05) is 34.7 Å². The number of carbonyl (C=O) groups is 1. The molecule has 12 heteroatoms. The van der Waals surface area contributed by atoms with Gasteiger partial charge >= 0.3 is 0 Å². The molecule has 0 unspecified atom stereocenters. The van der Waals surface area contributed by atoms with Crippen molar-refractivity contribution in [2.45, 2.75) is 18.0 Å². The number of rotatable bonds is 5. The number of hydrogen-bond donors (Lipinski definition) is 1. The van der Waals surface area contributed by atoms with Crippen LogP contribution in [0.15, 0.2) is 29.7 Å². The molecule has 0 saturated carbocycles. The highest BCUT2D eigenvalue weighted by Crippen LogP contribution is 2.33. The maximum Gasteiger partial charge on any atom is 0.234 e. The van der Waals surface area contributed by atoms with Crippen molar-refractivity contribution in [3.8, 4) is 0 Å². The van der Waals surface area contributed by atoms with Crippen LogP contribution in [0.5, 0.6) is 0 Å². The summed E-state index contributed by atoms with van der Waals surface area (Å²) in [5.41, 5.74) is 1.69. The van der Waals surface area contributed by atoms with Crippen molar-refractivity contribution in [3.63, 3.8) is 0 Å². The molecule has 4 aromatic rings. The van der Waals surface area contributed by atoms with Gasteiger partial charge in [-0.15, -0.1) is 10.2 Å². The molecule has 8 nitrogen and oxygen atoms in total. The number of fused-ring (bicyclic) bond motifs is 3. The van der Waals surface area contributed by atoms with Crippen LogP contribution in [0, 0.1) is 5.82 Å². The van der Waals surface area contributed by atoms with Gasteiger partial charge in [0.25, 0.3) is 0 Å². The van der Waals surface area contributed by atoms with Crippen LogP contribution in [0.3, 0.4) is 0 Å². The van der Waals surface area contributed by atoms with Gasteiger partial charge in [0.15, 0.2) is 21.6 Å². The number of thioether (sulfide) groups is 1. The lowest BCUT2D eigenvalue weighted by atomic mass is 10.3. The lowest BCUT2D eigenvalue weighted by Crippen LogP contribution is -2.16. The Balaban J connectivity index is 1.33. The van der Waals surface area contributed by atoms with E-state index in [1.165, 1.54) is 36.7 Å². The van der Waals surface area contributed by atoms with Gasteiger partial charge in [-0.3, -0.25) is 9.20 Å². The van der Waals surface area contributed by atoms with E-state index in [1.807, 2.05) is 0 Å². The summed E-state index contributed by atoms with van der Waals surface area (Å²) in [6.07, 6.45) is 3.98. The zero-order valence-corrected chi connectivity index (χ0v) is 17.9. The Morgan fingerprint density at radius 1 is 1.30 bits per heavy atom. The molecule has 0 atom stereocenters. The minimum atomic E-state index is -0.461. The molecule has 3 aromatic heterocycles. The number of hydrogen-bond acceptors (Lipinski definition) is 8. The maximum atomic E-state index is 13.1. The first-order valence-electron chi connectivity index (χ1n) is 9.21. The van der Waals surface area contributed by atoms with E-state index in [2.05, 4.69) is 30.4 Å². The number of nitrogens with one attached hydrogen (secondary N) is 1. The SMILES string of the molecule is O=C(CSc1nnc2c3sc(N4CCCC4)nc3ncn12)Nc1ccc(F)cc1Cl. The van der Waals surface area contributed by atoms with Crippen LogP contribution in [0.25, 0.3) is 16.0 Å². The van der Waals surface area contributed by atoms with Gasteiger partial charge in [0.1, 0.15) is 16.8 Å². The molecule has 0 spiro atoms. The molecule has 4 heterocycles. The number of carbonyl (C=O) groups excluding carboxylic acids is 1. The van der Waals surface area contributed by atoms with Crippen LogP contribution >= 0.6 is 34.7 Å². The topological polar surface area (TPSA) is 88.3 Å². The van der Waals surface area contributed by atoms with Crippen LogP contribution in [-0.2, 0) is 4.79 Å². The van der Waals surface area contributed by atoms with E-state index < -0.39 is 5.82 Å². The van der Waals surface area contributed by atoms with E-state index in [0.717, 1.165) is 29.0 Å². The Kier molecular flexibility index (Phi) is 5.17. The predicted molar refractivity (Wildman–Crippen MR) is 116 cm³/mol. The van der Waals surface area contributed by atoms with Gasteiger partial charge in [-0.2, -0.15) is 4.98 Å². The van der Waals surface area contributed by atoms with Crippen LogP contribution in [0.4, 0.5) is 15.2 Å². The molecular weight excluding hydrogens is 449 g/mol. The quantitative estimate of drug-likeness (QED) is 0.449. The van der Waals surface area contributed by atoms with Crippen molar-refractivity contribution < 1.29 is 9.18 Å². The lowest BCUT2D eigenvalue weighted by Gasteiger charge is -2.11. The van der Waals surface area contributed by atoms with Crippen molar-refractivity contribution in [3.05, 3.63) is 35.4 Å².